The minimum Gasteiger partial charge on any atom is -0.379 e. The first kappa shape index (κ1) is 13.0. The van der Waals surface area contributed by atoms with Gasteiger partial charge in [0.1, 0.15) is 5.82 Å². The Hall–Kier alpha value is -3.03. The van der Waals surface area contributed by atoms with Gasteiger partial charge in [0, 0.05) is 18.2 Å². The molecule has 1 heterocycles. The Labute approximate surface area is 117 Å². The number of fused-ring (bicyclic) bond motifs is 1. The second-order valence-electron chi connectivity index (χ2n) is 4.30. The number of nitro benzene ring substituents is 1. The smallest absolute Gasteiger partial charge is 0.300 e. The normalized spacial score (nSPS) is 10.7. The van der Waals surface area contributed by atoms with Crippen molar-refractivity contribution in [3.05, 3.63) is 57.9 Å². The average molecular weight is 288 g/mol. The number of non-ortho nitro benzene ring substituents is 1. The highest BCUT2D eigenvalue weighted by Gasteiger charge is 2.19. The number of hydrogen-bond donors (Lipinski definition) is 1. The molecule has 0 saturated carbocycles. The molecule has 0 spiro atoms. The van der Waals surface area contributed by atoms with E-state index in [1.165, 1.54) is 18.2 Å². The summed E-state index contributed by atoms with van der Waals surface area (Å²) in [6.07, 6.45) is 0. The molecule has 0 aliphatic heterocycles. The largest absolute Gasteiger partial charge is 0.379 e. The van der Waals surface area contributed by atoms with Crippen LogP contribution in [0.5, 0.6) is 0 Å². The summed E-state index contributed by atoms with van der Waals surface area (Å²) in [6, 6.07) is 9.13. The van der Waals surface area contributed by atoms with Crippen LogP contribution in [0.4, 0.5) is 15.8 Å². The molecule has 21 heavy (non-hydrogen) atoms. The molecule has 0 saturated heterocycles. The lowest BCUT2D eigenvalue weighted by molar-refractivity contribution is -0.383. The molecule has 0 amide bonds. The van der Waals surface area contributed by atoms with Gasteiger partial charge in [-0.15, -0.1) is 0 Å². The SMILES string of the molecule is O=[N+]([O-])c1ccc(NCc2ccccc2F)c2nonc12. The Balaban J connectivity index is 1.92. The third kappa shape index (κ3) is 2.38. The number of rotatable bonds is 4. The number of nitrogens with zero attached hydrogens (tertiary/aromatic N) is 3. The minimum atomic E-state index is -0.562. The summed E-state index contributed by atoms with van der Waals surface area (Å²) in [5.74, 6) is -0.332. The Morgan fingerprint density at radius 2 is 1.95 bits per heavy atom. The lowest BCUT2D eigenvalue weighted by Gasteiger charge is -2.07. The van der Waals surface area contributed by atoms with Crippen molar-refractivity contribution < 1.29 is 13.9 Å². The number of anilines is 1. The molecule has 0 unspecified atom stereocenters. The van der Waals surface area contributed by atoms with Crippen LogP contribution in [-0.2, 0) is 6.54 Å². The molecule has 0 radical (unpaired) electrons. The van der Waals surface area contributed by atoms with E-state index in [-0.39, 0.29) is 29.1 Å². The molecule has 1 aromatic heterocycles. The van der Waals surface area contributed by atoms with Crippen LogP contribution in [-0.4, -0.2) is 15.2 Å². The topological polar surface area (TPSA) is 94.1 Å². The molecular formula is C13H9FN4O3. The van der Waals surface area contributed by atoms with Gasteiger partial charge in [-0.3, -0.25) is 10.1 Å². The van der Waals surface area contributed by atoms with Crippen LogP contribution >= 0.6 is 0 Å². The summed E-state index contributed by atoms with van der Waals surface area (Å²) in [4.78, 5) is 10.3. The highest BCUT2D eigenvalue weighted by molar-refractivity contribution is 5.93. The lowest BCUT2D eigenvalue weighted by atomic mass is 10.2. The van der Waals surface area contributed by atoms with Crippen molar-refractivity contribution in [3.8, 4) is 0 Å². The number of nitrogens with one attached hydrogen (secondary N) is 1. The van der Waals surface area contributed by atoms with Crippen LogP contribution < -0.4 is 5.32 Å². The number of benzene rings is 2. The van der Waals surface area contributed by atoms with E-state index in [4.69, 9.17) is 0 Å². The fourth-order valence-electron chi connectivity index (χ4n) is 1.98. The van der Waals surface area contributed by atoms with Gasteiger partial charge < -0.3 is 5.32 Å². The van der Waals surface area contributed by atoms with E-state index in [2.05, 4.69) is 20.3 Å². The first-order valence-electron chi connectivity index (χ1n) is 6.04. The van der Waals surface area contributed by atoms with E-state index in [1.54, 1.807) is 18.2 Å². The van der Waals surface area contributed by atoms with Crippen molar-refractivity contribution in [3.63, 3.8) is 0 Å². The molecule has 0 aliphatic rings. The number of nitro groups is 1. The van der Waals surface area contributed by atoms with E-state index >= 15 is 0 Å². The van der Waals surface area contributed by atoms with Crippen LogP contribution in [0.15, 0.2) is 41.0 Å². The van der Waals surface area contributed by atoms with Gasteiger partial charge in [0.05, 0.1) is 10.6 Å². The molecule has 3 rings (SSSR count). The molecular weight excluding hydrogens is 279 g/mol. The molecule has 8 heteroatoms. The monoisotopic (exact) mass is 288 g/mol. The fourth-order valence-corrected chi connectivity index (χ4v) is 1.98. The molecule has 2 aromatic carbocycles. The van der Waals surface area contributed by atoms with E-state index < -0.39 is 4.92 Å². The maximum atomic E-state index is 13.5. The summed E-state index contributed by atoms with van der Waals surface area (Å²) in [7, 11) is 0. The highest BCUT2D eigenvalue weighted by atomic mass is 19.1. The van der Waals surface area contributed by atoms with Gasteiger partial charge in [0.15, 0.2) is 5.52 Å². The van der Waals surface area contributed by atoms with E-state index in [9.17, 15) is 14.5 Å². The number of aromatic nitrogens is 2. The third-order valence-corrected chi connectivity index (χ3v) is 3.02. The molecule has 106 valence electrons. The van der Waals surface area contributed by atoms with Crippen LogP contribution in [0.2, 0.25) is 0 Å². The molecule has 0 aliphatic carbocycles. The van der Waals surface area contributed by atoms with Gasteiger partial charge in [0.2, 0.25) is 5.52 Å². The van der Waals surface area contributed by atoms with Crippen molar-refractivity contribution in [2.24, 2.45) is 0 Å². The predicted molar refractivity (Wildman–Crippen MR) is 72.2 cm³/mol. The zero-order valence-corrected chi connectivity index (χ0v) is 10.6. The van der Waals surface area contributed by atoms with Crippen molar-refractivity contribution in [2.75, 3.05) is 5.32 Å². The van der Waals surface area contributed by atoms with Gasteiger partial charge in [-0.05, 0) is 22.4 Å². The van der Waals surface area contributed by atoms with Crippen molar-refractivity contribution in [1.29, 1.82) is 0 Å². The number of hydrogen-bond acceptors (Lipinski definition) is 6. The molecule has 7 nitrogen and oxygen atoms in total. The van der Waals surface area contributed by atoms with E-state index in [0.717, 1.165) is 0 Å². The van der Waals surface area contributed by atoms with Gasteiger partial charge in [0.25, 0.3) is 0 Å². The van der Waals surface area contributed by atoms with Gasteiger partial charge in [-0.25, -0.2) is 9.02 Å². The summed E-state index contributed by atoms with van der Waals surface area (Å²) in [6.45, 7) is 0.215. The standard InChI is InChI=1S/C13H9FN4O3/c14-9-4-2-1-3-8(9)7-15-10-5-6-11(18(19)20)13-12(10)16-21-17-13/h1-6,15H,7H2. The summed E-state index contributed by atoms with van der Waals surface area (Å²) >= 11 is 0. The van der Waals surface area contributed by atoms with Crippen molar-refractivity contribution in [1.82, 2.24) is 10.3 Å². The van der Waals surface area contributed by atoms with E-state index in [0.29, 0.717) is 11.3 Å². The van der Waals surface area contributed by atoms with Crippen molar-refractivity contribution in [2.45, 2.75) is 6.54 Å². The average Bonchev–Trinajstić information content (AvgIpc) is 2.95. The number of halogens is 1. The zero-order chi connectivity index (χ0) is 14.8. The molecule has 0 atom stereocenters. The maximum absolute atomic E-state index is 13.5. The molecule has 1 N–H and O–H groups in total. The van der Waals surface area contributed by atoms with Gasteiger partial charge in [-0.1, -0.05) is 18.2 Å². The second-order valence-corrected chi connectivity index (χ2v) is 4.30. The van der Waals surface area contributed by atoms with Crippen LogP contribution in [0.25, 0.3) is 11.0 Å². The molecule has 3 aromatic rings. The fraction of sp³-hybridized carbons (Fsp3) is 0.0769. The zero-order valence-electron chi connectivity index (χ0n) is 10.6. The van der Waals surface area contributed by atoms with Crippen molar-refractivity contribution >= 4 is 22.4 Å². The predicted octanol–water partition coefficient (Wildman–Crippen LogP) is 2.88. The Kier molecular flexibility index (Phi) is 3.19. The first-order chi connectivity index (χ1) is 10.2. The van der Waals surface area contributed by atoms with Gasteiger partial charge in [-0.2, -0.15) is 0 Å². The van der Waals surface area contributed by atoms with E-state index in [1.807, 2.05) is 0 Å². The Bertz CT molecular complexity index is 818. The summed E-state index contributed by atoms with van der Waals surface area (Å²) in [5.41, 5.74) is 1.06. The quantitative estimate of drug-likeness (QED) is 0.586. The summed E-state index contributed by atoms with van der Waals surface area (Å²) in [5, 5.41) is 21.0. The molecule has 0 bridgehead atoms. The summed E-state index contributed by atoms with van der Waals surface area (Å²) < 4.78 is 18.1. The third-order valence-electron chi connectivity index (χ3n) is 3.02. The first-order valence-corrected chi connectivity index (χ1v) is 6.04. The molecule has 0 fully saturated rings. The highest BCUT2D eigenvalue weighted by Crippen LogP contribution is 2.29. The van der Waals surface area contributed by atoms with Gasteiger partial charge >= 0.3 is 5.69 Å². The Morgan fingerprint density at radius 1 is 1.19 bits per heavy atom. The lowest BCUT2D eigenvalue weighted by Crippen LogP contribution is -2.02. The second kappa shape index (κ2) is 5.16. The van der Waals surface area contributed by atoms with Crippen LogP contribution in [0, 0.1) is 15.9 Å². The van der Waals surface area contributed by atoms with Crippen LogP contribution in [0.3, 0.4) is 0 Å². The Morgan fingerprint density at radius 3 is 2.71 bits per heavy atom. The maximum Gasteiger partial charge on any atom is 0.300 e. The van der Waals surface area contributed by atoms with Crippen LogP contribution in [0.1, 0.15) is 5.56 Å². The minimum absolute atomic E-state index is 0.0542.